The summed E-state index contributed by atoms with van der Waals surface area (Å²) in [5, 5.41) is 2.96. The first-order chi connectivity index (χ1) is 23.2. The minimum absolute atomic E-state index is 0.0489. The Kier molecular flexibility index (Phi) is 9.54. The molecular formula is C38H39N5O5. The molecule has 4 aromatic carbocycles. The van der Waals surface area contributed by atoms with Gasteiger partial charge in [0.2, 0.25) is 11.8 Å². The second-order valence-corrected chi connectivity index (χ2v) is 12.2. The SMILES string of the molecule is COc1ccc2c(c1)N(CC(=O)N1CCN(C)CC1)C(=O)CCN2C(=O)c1ccc(NC(=O)c2ccccc2-c2ccc(C)cc2)cc1. The van der Waals surface area contributed by atoms with Crippen LogP contribution in [0.3, 0.4) is 0 Å². The molecule has 4 amide bonds. The molecule has 4 aromatic rings. The van der Waals surface area contributed by atoms with Gasteiger partial charge in [0.05, 0.1) is 18.5 Å². The van der Waals surface area contributed by atoms with Crippen molar-refractivity contribution in [3.63, 3.8) is 0 Å². The molecule has 0 aliphatic carbocycles. The van der Waals surface area contributed by atoms with Crippen LogP contribution >= 0.6 is 0 Å². The number of carbonyl (C=O) groups excluding carboxylic acids is 4. The number of nitrogens with one attached hydrogen (secondary N) is 1. The topological polar surface area (TPSA) is 102 Å². The number of carbonyl (C=O) groups is 4. The highest BCUT2D eigenvalue weighted by Gasteiger charge is 2.33. The van der Waals surface area contributed by atoms with Crippen LogP contribution in [0.1, 0.15) is 32.7 Å². The zero-order valence-corrected chi connectivity index (χ0v) is 27.4. The normalized spacial score (nSPS) is 15.1. The van der Waals surface area contributed by atoms with Crippen molar-refractivity contribution in [1.29, 1.82) is 0 Å². The van der Waals surface area contributed by atoms with Gasteiger partial charge in [0, 0.05) is 62.0 Å². The van der Waals surface area contributed by atoms with Crippen LogP contribution < -0.4 is 19.9 Å². The van der Waals surface area contributed by atoms with Crippen LogP contribution in [0.2, 0.25) is 0 Å². The molecule has 0 unspecified atom stereocenters. The van der Waals surface area contributed by atoms with Gasteiger partial charge in [-0.15, -0.1) is 0 Å². The number of nitrogens with zero attached hydrogens (tertiary/aromatic N) is 4. The molecule has 1 saturated heterocycles. The molecule has 48 heavy (non-hydrogen) atoms. The molecule has 0 atom stereocenters. The average Bonchev–Trinajstić information content (AvgIpc) is 3.24. The summed E-state index contributed by atoms with van der Waals surface area (Å²) in [4.78, 5) is 61.1. The van der Waals surface area contributed by atoms with Gasteiger partial charge in [-0.3, -0.25) is 19.2 Å². The molecule has 0 bridgehead atoms. The van der Waals surface area contributed by atoms with E-state index >= 15 is 0 Å². The standard InChI is InChI=1S/C38H39N5O5/c1-26-8-10-27(11-9-26)31-6-4-5-7-32(31)37(46)39-29-14-12-28(13-15-29)38(47)42-19-18-35(44)43(34-24-30(48-3)16-17-33(34)42)25-36(45)41-22-20-40(2)21-23-41/h4-17,24H,18-23,25H2,1-3H3,(H,39,46). The van der Waals surface area contributed by atoms with Crippen LogP contribution in [0.5, 0.6) is 5.75 Å². The third-order valence-electron chi connectivity index (χ3n) is 8.93. The number of hydrogen-bond acceptors (Lipinski definition) is 6. The summed E-state index contributed by atoms with van der Waals surface area (Å²) in [6, 6.07) is 27.4. The molecule has 0 spiro atoms. The van der Waals surface area contributed by atoms with E-state index in [1.54, 1.807) is 58.3 Å². The van der Waals surface area contributed by atoms with Crippen molar-refractivity contribution >= 4 is 40.7 Å². The Labute approximate surface area is 280 Å². The largest absolute Gasteiger partial charge is 0.497 e. The Bertz CT molecular complexity index is 1830. The van der Waals surface area contributed by atoms with Crippen molar-refractivity contribution in [3.05, 3.63) is 108 Å². The summed E-state index contributed by atoms with van der Waals surface area (Å²) in [6.07, 6.45) is 0.0489. The number of methoxy groups -OCH3 is 1. The predicted octanol–water partition coefficient (Wildman–Crippen LogP) is 5.08. The van der Waals surface area contributed by atoms with Gasteiger partial charge < -0.3 is 29.7 Å². The summed E-state index contributed by atoms with van der Waals surface area (Å²) in [6.45, 7) is 4.79. The van der Waals surface area contributed by atoms with Gasteiger partial charge in [-0.2, -0.15) is 0 Å². The lowest BCUT2D eigenvalue weighted by Gasteiger charge is -2.34. The van der Waals surface area contributed by atoms with Gasteiger partial charge in [0.15, 0.2) is 0 Å². The monoisotopic (exact) mass is 645 g/mol. The van der Waals surface area contributed by atoms with Gasteiger partial charge >= 0.3 is 0 Å². The van der Waals surface area contributed by atoms with Crippen LogP contribution in [0, 0.1) is 6.92 Å². The van der Waals surface area contributed by atoms with Crippen LogP contribution in [-0.2, 0) is 9.59 Å². The maximum Gasteiger partial charge on any atom is 0.258 e. The number of piperazine rings is 1. The minimum Gasteiger partial charge on any atom is -0.497 e. The average molecular weight is 646 g/mol. The molecule has 0 aromatic heterocycles. The van der Waals surface area contributed by atoms with E-state index in [9.17, 15) is 19.2 Å². The van der Waals surface area contributed by atoms with Crippen LogP contribution in [0.25, 0.3) is 11.1 Å². The Morgan fingerprint density at radius 1 is 0.812 bits per heavy atom. The number of ether oxygens (including phenoxy) is 1. The third-order valence-corrected chi connectivity index (χ3v) is 8.93. The van der Waals surface area contributed by atoms with Crippen molar-refractivity contribution in [2.24, 2.45) is 0 Å². The number of benzene rings is 4. The fourth-order valence-electron chi connectivity index (χ4n) is 6.06. The zero-order valence-electron chi connectivity index (χ0n) is 27.4. The summed E-state index contributed by atoms with van der Waals surface area (Å²) in [5.74, 6) is -0.429. The molecule has 10 heteroatoms. The molecule has 246 valence electrons. The van der Waals surface area contributed by atoms with Gasteiger partial charge in [-0.25, -0.2) is 0 Å². The maximum absolute atomic E-state index is 14.0. The molecule has 0 saturated carbocycles. The first-order valence-corrected chi connectivity index (χ1v) is 16.1. The molecule has 2 aliphatic heterocycles. The van der Waals surface area contributed by atoms with Crippen LogP contribution in [0.15, 0.2) is 91.0 Å². The second kappa shape index (κ2) is 14.1. The number of likely N-dealkylation sites (N-methyl/N-ethyl adjacent to an activating group) is 1. The highest BCUT2D eigenvalue weighted by atomic mass is 16.5. The predicted molar refractivity (Wildman–Crippen MR) is 187 cm³/mol. The maximum atomic E-state index is 14.0. The lowest BCUT2D eigenvalue weighted by atomic mass is 9.98. The highest BCUT2D eigenvalue weighted by molar-refractivity contribution is 6.13. The number of hydrogen-bond donors (Lipinski definition) is 1. The van der Waals surface area contributed by atoms with Gasteiger partial charge in [-0.1, -0.05) is 48.0 Å². The van der Waals surface area contributed by atoms with E-state index in [1.807, 2.05) is 56.4 Å². The Hall–Kier alpha value is -5.48. The number of rotatable bonds is 7. The molecule has 10 nitrogen and oxygen atoms in total. The summed E-state index contributed by atoms with van der Waals surface area (Å²) in [5.41, 5.74) is 5.35. The number of anilines is 3. The molecule has 6 rings (SSSR count). The Balaban J connectivity index is 1.21. The van der Waals surface area contributed by atoms with E-state index in [1.165, 1.54) is 12.0 Å². The molecular weight excluding hydrogens is 606 g/mol. The van der Waals surface area contributed by atoms with Crippen molar-refractivity contribution in [1.82, 2.24) is 9.80 Å². The van der Waals surface area contributed by atoms with Gasteiger partial charge in [-0.05, 0) is 67.6 Å². The lowest BCUT2D eigenvalue weighted by Crippen LogP contribution is -2.50. The Morgan fingerprint density at radius 3 is 2.23 bits per heavy atom. The van der Waals surface area contributed by atoms with Crippen molar-refractivity contribution in [2.45, 2.75) is 13.3 Å². The van der Waals surface area contributed by atoms with E-state index in [-0.39, 0.29) is 43.1 Å². The van der Waals surface area contributed by atoms with E-state index in [2.05, 4.69) is 10.2 Å². The molecule has 0 radical (unpaired) electrons. The lowest BCUT2D eigenvalue weighted by molar-refractivity contribution is -0.132. The van der Waals surface area contributed by atoms with E-state index in [0.717, 1.165) is 29.8 Å². The number of aryl methyl sites for hydroxylation is 1. The summed E-state index contributed by atoms with van der Waals surface area (Å²) in [7, 11) is 3.55. The highest BCUT2D eigenvalue weighted by Crippen LogP contribution is 2.37. The van der Waals surface area contributed by atoms with Crippen LogP contribution in [0.4, 0.5) is 17.1 Å². The van der Waals surface area contributed by atoms with E-state index < -0.39 is 0 Å². The molecule has 2 heterocycles. The molecule has 1 fully saturated rings. The second-order valence-electron chi connectivity index (χ2n) is 12.2. The smallest absolute Gasteiger partial charge is 0.258 e. The Morgan fingerprint density at radius 2 is 1.52 bits per heavy atom. The fourth-order valence-corrected chi connectivity index (χ4v) is 6.06. The van der Waals surface area contributed by atoms with Crippen molar-refractivity contribution in [3.8, 4) is 16.9 Å². The molecule has 1 N–H and O–H groups in total. The first kappa shape index (κ1) is 32.5. The van der Waals surface area contributed by atoms with E-state index in [0.29, 0.717) is 47.0 Å². The third kappa shape index (κ3) is 6.94. The molecule has 2 aliphatic rings. The number of fused-ring (bicyclic) bond motifs is 1. The van der Waals surface area contributed by atoms with Crippen molar-refractivity contribution < 1.29 is 23.9 Å². The van der Waals surface area contributed by atoms with E-state index in [4.69, 9.17) is 4.74 Å². The quantitative estimate of drug-likeness (QED) is 0.301. The van der Waals surface area contributed by atoms with Crippen molar-refractivity contribution in [2.75, 3.05) is 68.5 Å². The fraction of sp³-hybridized carbons (Fsp3) is 0.263. The first-order valence-electron chi connectivity index (χ1n) is 16.1. The summed E-state index contributed by atoms with van der Waals surface area (Å²) >= 11 is 0. The van der Waals surface area contributed by atoms with Crippen LogP contribution in [-0.4, -0.2) is 86.9 Å². The summed E-state index contributed by atoms with van der Waals surface area (Å²) < 4.78 is 5.46. The zero-order chi connectivity index (χ0) is 33.8. The van der Waals surface area contributed by atoms with Gasteiger partial charge in [0.1, 0.15) is 12.3 Å². The minimum atomic E-state index is -0.302. The number of amides is 4. The van der Waals surface area contributed by atoms with Gasteiger partial charge in [0.25, 0.3) is 11.8 Å².